The third-order valence-electron chi connectivity index (χ3n) is 4.08. The number of rotatable bonds is 7. The Morgan fingerprint density at radius 1 is 1.14 bits per heavy atom. The van der Waals surface area contributed by atoms with Gasteiger partial charge in [-0.3, -0.25) is 4.79 Å². The molecule has 9 heteroatoms. The van der Waals surface area contributed by atoms with E-state index in [2.05, 4.69) is 10.3 Å². The molecule has 3 aromatic rings. The lowest BCUT2D eigenvalue weighted by molar-refractivity contribution is -0.115. The van der Waals surface area contributed by atoms with Gasteiger partial charge in [0.25, 0.3) is 0 Å². The van der Waals surface area contributed by atoms with Gasteiger partial charge in [-0.25, -0.2) is 17.7 Å². The van der Waals surface area contributed by atoms with Crippen LogP contribution in [0.25, 0.3) is 11.3 Å². The molecule has 6 nitrogen and oxygen atoms in total. The Balaban J connectivity index is 1.67. The number of hydrogen-bond donors (Lipinski definition) is 1. The van der Waals surface area contributed by atoms with E-state index in [0.717, 1.165) is 19.9 Å². The SMILES string of the molecule is C[C@@H](Sc1nc(-c2ccccc2)cs1)C(=O)Nc1cccc(S(=O)(=O)N(C)C)c1. The van der Waals surface area contributed by atoms with Gasteiger partial charge in [0.2, 0.25) is 15.9 Å². The first kappa shape index (κ1) is 21.5. The van der Waals surface area contributed by atoms with Crippen LogP contribution in [0.4, 0.5) is 5.69 Å². The van der Waals surface area contributed by atoms with E-state index in [1.54, 1.807) is 19.1 Å². The average molecular weight is 448 g/mol. The topological polar surface area (TPSA) is 79.4 Å². The molecule has 0 fully saturated rings. The summed E-state index contributed by atoms with van der Waals surface area (Å²) in [6.45, 7) is 1.80. The summed E-state index contributed by atoms with van der Waals surface area (Å²) >= 11 is 2.86. The first-order chi connectivity index (χ1) is 13.8. The second-order valence-electron chi connectivity index (χ2n) is 6.43. The largest absolute Gasteiger partial charge is 0.325 e. The fraction of sp³-hybridized carbons (Fsp3) is 0.200. The number of aromatic nitrogens is 1. The van der Waals surface area contributed by atoms with E-state index >= 15 is 0 Å². The first-order valence-corrected chi connectivity index (χ1v) is 12.0. The van der Waals surface area contributed by atoms with Crippen molar-refractivity contribution in [3.8, 4) is 11.3 Å². The van der Waals surface area contributed by atoms with Gasteiger partial charge in [-0.05, 0) is 25.1 Å². The van der Waals surface area contributed by atoms with Gasteiger partial charge in [-0.1, -0.05) is 48.2 Å². The van der Waals surface area contributed by atoms with Crippen molar-refractivity contribution in [2.24, 2.45) is 0 Å². The molecule has 0 saturated carbocycles. The second-order valence-corrected chi connectivity index (χ2v) is 11.0. The van der Waals surface area contributed by atoms with E-state index < -0.39 is 10.0 Å². The molecule has 1 aromatic heterocycles. The molecule has 0 aliphatic rings. The molecule has 0 unspecified atom stereocenters. The fourth-order valence-electron chi connectivity index (χ4n) is 2.45. The van der Waals surface area contributed by atoms with Gasteiger partial charge >= 0.3 is 0 Å². The molecule has 0 aliphatic carbocycles. The van der Waals surface area contributed by atoms with Crippen molar-refractivity contribution in [3.05, 3.63) is 60.0 Å². The zero-order valence-electron chi connectivity index (χ0n) is 16.2. The number of nitrogens with one attached hydrogen (secondary N) is 1. The maximum Gasteiger partial charge on any atom is 0.242 e. The van der Waals surface area contributed by atoms with Crippen LogP contribution in [0.3, 0.4) is 0 Å². The summed E-state index contributed by atoms with van der Waals surface area (Å²) in [5.74, 6) is -0.217. The zero-order chi connectivity index (χ0) is 21.0. The van der Waals surface area contributed by atoms with Crippen LogP contribution in [0.5, 0.6) is 0 Å². The predicted molar refractivity (Wildman–Crippen MR) is 119 cm³/mol. The molecule has 3 rings (SSSR count). The summed E-state index contributed by atoms with van der Waals surface area (Å²) in [4.78, 5) is 17.3. The van der Waals surface area contributed by atoms with Crippen LogP contribution in [-0.2, 0) is 14.8 Å². The van der Waals surface area contributed by atoms with Crippen LogP contribution >= 0.6 is 23.1 Å². The molecule has 152 valence electrons. The van der Waals surface area contributed by atoms with Crippen molar-refractivity contribution in [3.63, 3.8) is 0 Å². The van der Waals surface area contributed by atoms with Crippen LogP contribution in [0, 0.1) is 0 Å². The molecule has 1 atom stereocenters. The minimum Gasteiger partial charge on any atom is -0.325 e. The Morgan fingerprint density at radius 3 is 2.55 bits per heavy atom. The lowest BCUT2D eigenvalue weighted by Crippen LogP contribution is -2.24. The zero-order valence-corrected chi connectivity index (χ0v) is 18.6. The third-order valence-corrected chi connectivity index (χ3v) is 7.96. The highest BCUT2D eigenvalue weighted by Crippen LogP contribution is 2.31. The summed E-state index contributed by atoms with van der Waals surface area (Å²) in [5, 5.41) is 4.37. The maximum absolute atomic E-state index is 12.6. The van der Waals surface area contributed by atoms with Crippen molar-refractivity contribution >= 4 is 44.7 Å². The van der Waals surface area contributed by atoms with Gasteiger partial charge in [-0.15, -0.1) is 11.3 Å². The Labute approximate surface area is 179 Å². The van der Waals surface area contributed by atoms with Gasteiger partial charge in [0.15, 0.2) is 4.34 Å². The minimum atomic E-state index is -3.56. The number of nitrogens with zero attached hydrogens (tertiary/aromatic N) is 2. The van der Waals surface area contributed by atoms with Crippen molar-refractivity contribution in [1.82, 2.24) is 9.29 Å². The molecule has 0 bridgehead atoms. The standard InChI is InChI=1S/C20H21N3O3S3/c1-14(28-20-22-18(13-27-20)15-8-5-4-6-9-15)19(24)21-16-10-7-11-17(12-16)29(25,26)23(2)3/h4-14H,1-3H3,(H,21,24)/t14-/m1/s1. The van der Waals surface area contributed by atoms with Crippen molar-refractivity contribution in [2.75, 3.05) is 19.4 Å². The van der Waals surface area contributed by atoms with Crippen LogP contribution < -0.4 is 5.32 Å². The molecule has 1 heterocycles. The number of thioether (sulfide) groups is 1. The molecule has 2 aromatic carbocycles. The molecular weight excluding hydrogens is 426 g/mol. The molecular formula is C20H21N3O3S3. The normalized spacial score (nSPS) is 12.7. The second kappa shape index (κ2) is 9.08. The summed E-state index contributed by atoms with van der Waals surface area (Å²) < 4.78 is 26.5. The van der Waals surface area contributed by atoms with Gasteiger partial charge in [0.05, 0.1) is 15.8 Å². The summed E-state index contributed by atoms with van der Waals surface area (Å²) in [5.41, 5.74) is 2.36. The Bertz CT molecular complexity index is 1100. The van der Waals surface area contributed by atoms with E-state index in [0.29, 0.717) is 5.69 Å². The number of thiazole rings is 1. The van der Waals surface area contributed by atoms with Crippen LogP contribution in [0.15, 0.2) is 69.2 Å². The van der Waals surface area contributed by atoms with Gasteiger partial charge in [0.1, 0.15) is 0 Å². The summed E-state index contributed by atoms with van der Waals surface area (Å²) in [6.07, 6.45) is 0. The lowest BCUT2D eigenvalue weighted by Gasteiger charge is -2.14. The number of carbonyl (C=O) groups is 1. The summed E-state index contributed by atoms with van der Waals surface area (Å²) in [7, 11) is -0.621. The van der Waals surface area contributed by atoms with Gasteiger partial charge in [-0.2, -0.15) is 0 Å². The molecule has 1 N–H and O–H groups in total. The van der Waals surface area contributed by atoms with Gasteiger partial charge in [0, 0.05) is 30.7 Å². The molecule has 29 heavy (non-hydrogen) atoms. The molecule has 0 spiro atoms. The number of sulfonamides is 1. The highest BCUT2D eigenvalue weighted by atomic mass is 32.2. The fourth-order valence-corrected chi connectivity index (χ4v) is 5.37. The van der Waals surface area contributed by atoms with E-state index in [-0.39, 0.29) is 16.1 Å². The van der Waals surface area contributed by atoms with Crippen molar-refractivity contribution in [1.29, 1.82) is 0 Å². The number of benzene rings is 2. The monoisotopic (exact) mass is 447 g/mol. The van der Waals surface area contributed by atoms with E-state index in [9.17, 15) is 13.2 Å². The predicted octanol–water partition coefficient (Wildman–Crippen LogP) is 4.18. The van der Waals surface area contributed by atoms with Crippen molar-refractivity contribution in [2.45, 2.75) is 21.4 Å². The van der Waals surface area contributed by atoms with Crippen molar-refractivity contribution < 1.29 is 13.2 Å². The number of carbonyl (C=O) groups excluding carboxylic acids is 1. The average Bonchev–Trinajstić information content (AvgIpc) is 3.17. The van der Waals surface area contributed by atoms with Gasteiger partial charge < -0.3 is 5.32 Å². The lowest BCUT2D eigenvalue weighted by atomic mass is 10.2. The number of hydrogen-bond acceptors (Lipinski definition) is 6. The molecule has 0 aliphatic heterocycles. The Morgan fingerprint density at radius 2 is 1.86 bits per heavy atom. The maximum atomic E-state index is 12.6. The Hall–Kier alpha value is -2.20. The number of anilines is 1. The minimum absolute atomic E-state index is 0.132. The third kappa shape index (κ3) is 5.24. The van der Waals surface area contributed by atoms with Crippen LogP contribution in [0.1, 0.15) is 6.92 Å². The van der Waals surface area contributed by atoms with E-state index in [1.165, 1.54) is 49.3 Å². The highest BCUT2D eigenvalue weighted by Gasteiger charge is 2.20. The molecule has 0 saturated heterocycles. The Kier molecular flexibility index (Phi) is 6.74. The quantitative estimate of drug-likeness (QED) is 0.550. The van der Waals surface area contributed by atoms with E-state index in [1.807, 2.05) is 35.7 Å². The smallest absolute Gasteiger partial charge is 0.242 e. The summed E-state index contributed by atoms with van der Waals surface area (Å²) in [6, 6.07) is 16.1. The number of amides is 1. The van der Waals surface area contributed by atoms with Crippen LogP contribution in [0.2, 0.25) is 0 Å². The molecule has 0 radical (unpaired) electrons. The first-order valence-electron chi connectivity index (χ1n) is 8.78. The highest BCUT2D eigenvalue weighted by molar-refractivity contribution is 8.02. The molecule has 1 amide bonds. The van der Waals surface area contributed by atoms with E-state index in [4.69, 9.17) is 0 Å². The van der Waals surface area contributed by atoms with Crippen LogP contribution in [-0.4, -0.2) is 43.0 Å².